The van der Waals surface area contributed by atoms with Crippen LogP contribution in [0.4, 0.5) is 0 Å². The quantitative estimate of drug-likeness (QED) is 0.373. The van der Waals surface area contributed by atoms with Crippen LogP contribution in [0.25, 0.3) is 0 Å². The third-order valence-corrected chi connectivity index (χ3v) is 7.45. The highest BCUT2D eigenvalue weighted by atomic mass is 32.2. The first-order valence-electron chi connectivity index (χ1n) is 11.5. The average molecular weight is 478 g/mol. The predicted molar refractivity (Wildman–Crippen MR) is 125 cm³/mol. The van der Waals surface area contributed by atoms with Gasteiger partial charge >= 0.3 is 0 Å². The number of furan rings is 1. The van der Waals surface area contributed by atoms with Gasteiger partial charge in [0.25, 0.3) is 10.1 Å². The minimum Gasteiger partial charge on any atom is -0.466 e. The molecule has 1 saturated heterocycles. The molecule has 1 aliphatic heterocycles. The van der Waals surface area contributed by atoms with Crippen molar-refractivity contribution in [2.45, 2.75) is 83.4 Å². The van der Waals surface area contributed by atoms with Gasteiger partial charge in [0, 0.05) is 0 Å². The first-order valence-corrected chi connectivity index (χ1v) is 12.9. The summed E-state index contributed by atoms with van der Waals surface area (Å²) in [5, 5.41) is 2.67. The van der Waals surface area contributed by atoms with E-state index in [9.17, 15) is 13.2 Å². The summed E-state index contributed by atoms with van der Waals surface area (Å²) in [6.45, 7) is 13.6. The maximum Gasteiger partial charge on any atom is 0.297 e. The van der Waals surface area contributed by atoms with Crippen LogP contribution < -0.4 is 5.32 Å². The zero-order chi connectivity index (χ0) is 24.5. The van der Waals surface area contributed by atoms with Crippen LogP contribution >= 0.6 is 0 Å². The van der Waals surface area contributed by atoms with Crippen LogP contribution in [0.2, 0.25) is 0 Å². The first-order chi connectivity index (χ1) is 15.4. The number of hydrogen-bond donors (Lipinski definition) is 1. The van der Waals surface area contributed by atoms with Crippen LogP contribution in [0.3, 0.4) is 0 Å². The summed E-state index contributed by atoms with van der Waals surface area (Å²) in [5.74, 6) is 0.259. The number of amides is 1. The number of benzene rings is 1. The summed E-state index contributed by atoms with van der Waals surface area (Å²) in [7, 11) is -4.10. The molecule has 1 amide bonds. The van der Waals surface area contributed by atoms with Gasteiger partial charge in [-0.15, -0.1) is 0 Å². The van der Waals surface area contributed by atoms with Crippen LogP contribution in [0.15, 0.2) is 39.8 Å². The van der Waals surface area contributed by atoms with Gasteiger partial charge in [-0.2, -0.15) is 8.42 Å². The highest BCUT2D eigenvalue weighted by Gasteiger charge is 2.39. The molecule has 182 valence electrons. The lowest BCUT2D eigenvalue weighted by Gasteiger charge is -2.36. The van der Waals surface area contributed by atoms with E-state index in [1.807, 2.05) is 39.8 Å². The standard InChI is InChI=1S/C25H35NO6S/c1-14(2)18-11-19(15(3)4)23(20(12-18)16(5)6)33(28,29)31-13-22(21-9-8-10-30-21)32-25-17(7)24(27)26-25/h8-12,14-17,22,25H,13H2,1-7H3,(H,26,27)/t17-,22+,25-/m1/s1. The zero-order valence-electron chi connectivity index (χ0n) is 20.4. The lowest BCUT2D eigenvalue weighted by Crippen LogP contribution is -2.58. The van der Waals surface area contributed by atoms with E-state index in [1.54, 1.807) is 19.1 Å². The molecule has 1 aliphatic rings. The Labute approximate surface area is 197 Å². The van der Waals surface area contributed by atoms with E-state index in [0.717, 1.165) is 16.7 Å². The van der Waals surface area contributed by atoms with E-state index in [1.165, 1.54) is 6.26 Å². The molecule has 2 aromatic rings. The Bertz CT molecular complexity index is 1040. The molecule has 0 unspecified atom stereocenters. The van der Waals surface area contributed by atoms with Crippen molar-refractivity contribution in [1.82, 2.24) is 5.32 Å². The Balaban J connectivity index is 1.93. The maximum atomic E-state index is 13.5. The molecule has 0 bridgehead atoms. The van der Waals surface area contributed by atoms with Crippen molar-refractivity contribution in [1.29, 1.82) is 0 Å². The number of carbonyl (C=O) groups is 1. The second-order valence-electron chi connectivity index (χ2n) is 9.59. The van der Waals surface area contributed by atoms with E-state index in [4.69, 9.17) is 13.3 Å². The van der Waals surface area contributed by atoms with Crippen LogP contribution in [0.1, 0.15) is 94.8 Å². The van der Waals surface area contributed by atoms with Crippen molar-refractivity contribution in [2.75, 3.05) is 6.61 Å². The van der Waals surface area contributed by atoms with Crippen LogP contribution in [0, 0.1) is 5.92 Å². The van der Waals surface area contributed by atoms with E-state index in [-0.39, 0.29) is 41.1 Å². The van der Waals surface area contributed by atoms with Crippen LogP contribution in [0.5, 0.6) is 0 Å². The predicted octanol–water partition coefficient (Wildman–Crippen LogP) is 5.21. The van der Waals surface area contributed by atoms with Crippen LogP contribution in [-0.4, -0.2) is 27.2 Å². The van der Waals surface area contributed by atoms with Crippen molar-refractivity contribution < 1.29 is 26.5 Å². The molecule has 8 heteroatoms. The molecular weight excluding hydrogens is 442 g/mol. The highest BCUT2D eigenvalue weighted by Crippen LogP contribution is 2.36. The molecule has 0 spiro atoms. The van der Waals surface area contributed by atoms with Gasteiger partial charge in [-0.05, 0) is 53.5 Å². The summed E-state index contributed by atoms with van der Waals surface area (Å²) in [4.78, 5) is 11.8. The van der Waals surface area contributed by atoms with E-state index in [0.29, 0.717) is 5.76 Å². The van der Waals surface area contributed by atoms with Gasteiger partial charge in [0.2, 0.25) is 5.91 Å². The van der Waals surface area contributed by atoms with Gasteiger partial charge in [-0.25, -0.2) is 0 Å². The summed E-state index contributed by atoms with van der Waals surface area (Å²) in [5.41, 5.74) is 2.60. The van der Waals surface area contributed by atoms with Crippen molar-refractivity contribution in [3.05, 3.63) is 53.0 Å². The number of ether oxygens (including phenoxy) is 1. The molecule has 0 radical (unpaired) electrons. The van der Waals surface area contributed by atoms with Gasteiger partial charge < -0.3 is 14.5 Å². The molecule has 0 saturated carbocycles. The Morgan fingerprint density at radius 1 is 1.03 bits per heavy atom. The van der Waals surface area contributed by atoms with E-state index in [2.05, 4.69) is 19.2 Å². The fraction of sp³-hybridized carbons (Fsp3) is 0.560. The van der Waals surface area contributed by atoms with Crippen molar-refractivity contribution in [3.63, 3.8) is 0 Å². The number of carbonyl (C=O) groups excluding carboxylic acids is 1. The van der Waals surface area contributed by atoms with Gasteiger partial charge in [-0.1, -0.05) is 53.7 Å². The van der Waals surface area contributed by atoms with E-state index < -0.39 is 22.4 Å². The minimum atomic E-state index is -4.10. The van der Waals surface area contributed by atoms with E-state index >= 15 is 0 Å². The third kappa shape index (κ3) is 5.50. The third-order valence-electron chi connectivity index (χ3n) is 6.03. The molecule has 3 rings (SSSR count). The second-order valence-corrected chi connectivity index (χ2v) is 11.1. The highest BCUT2D eigenvalue weighted by molar-refractivity contribution is 7.86. The lowest BCUT2D eigenvalue weighted by atomic mass is 9.89. The summed E-state index contributed by atoms with van der Waals surface area (Å²) in [6.07, 6.45) is 0.172. The minimum absolute atomic E-state index is 0.00210. The molecule has 1 fully saturated rings. The Morgan fingerprint density at radius 3 is 2.06 bits per heavy atom. The Morgan fingerprint density at radius 2 is 1.64 bits per heavy atom. The molecule has 2 heterocycles. The lowest BCUT2D eigenvalue weighted by molar-refractivity contribution is -0.163. The second kappa shape index (κ2) is 9.99. The number of hydrogen-bond acceptors (Lipinski definition) is 6. The number of β-lactam (4-membered cyclic amide) rings is 1. The normalized spacial score (nSPS) is 19.8. The maximum absolute atomic E-state index is 13.5. The molecule has 1 N–H and O–H groups in total. The SMILES string of the molecule is CC(C)c1cc(C(C)C)c(S(=O)(=O)OC[C@H](O[C@H]2NC(=O)[C@H]2C)c2ccco2)c(C(C)C)c1. The fourth-order valence-electron chi connectivity index (χ4n) is 3.82. The molecule has 3 atom stereocenters. The summed E-state index contributed by atoms with van der Waals surface area (Å²) < 4.78 is 44.1. The largest absolute Gasteiger partial charge is 0.466 e. The smallest absolute Gasteiger partial charge is 0.297 e. The zero-order valence-corrected chi connectivity index (χ0v) is 21.2. The van der Waals surface area contributed by atoms with Gasteiger partial charge in [0.1, 0.15) is 29.6 Å². The molecule has 1 aromatic carbocycles. The number of nitrogens with one attached hydrogen (secondary N) is 1. The monoisotopic (exact) mass is 477 g/mol. The van der Waals surface area contributed by atoms with Gasteiger partial charge in [0.05, 0.1) is 12.2 Å². The molecule has 33 heavy (non-hydrogen) atoms. The van der Waals surface area contributed by atoms with Crippen molar-refractivity contribution in [3.8, 4) is 0 Å². The Hall–Kier alpha value is -2.16. The van der Waals surface area contributed by atoms with Gasteiger partial charge in [0.15, 0.2) is 0 Å². The van der Waals surface area contributed by atoms with Crippen LogP contribution in [-0.2, 0) is 23.8 Å². The molecular formula is C25H35NO6S. The molecule has 0 aliphatic carbocycles. The molecule has 7 nitrogen and oxygen atoms in total. The van der Waals surface area contributed by atoms with Gasteiger partial charge in [-0.3, -0.25) is 8.98 Å². The summed E-state index contributed by atoms with van der Waals surface area (Å²) in [6, 6.07) is 7.34. The summed E-state index contributed by atoms with van der Waals surface area (Å²) >= 11 is 0. The molecule has 1 aromatic heterocycles. The first kappa shape index (κ1) is 25.5. The topological polar surface area (TPSA) is 94.8 Å². The number of rotatable bonds is 10. The Kier molecular flexibility index (Phi) is 7.71. The average Bonchev–Trinajstić information content (AvgIpc) is 3.29. The fourth-order valence-corrected chi connectivity index (χ4v) is 5.41. The van der Waals surface area contributed by atoms with Crippen molar-refractivity contribution >= 4 is 16.0 Å². The van der Waals surface area contributed by atoms with Crippen molar-refractivity contribution in [2.24, 2.45) is 5.92 Å².